The van der Waals surface area contributed by atoms with Crippen molar-refractivity contribution in [1.82, 2.24) is 4.98 Å². The van der Waals surface area contributed by atoms with Crippen molar-refractivity contribution in [1.29, 1.82) is 0 Å². The molecule has 1 atom stereocenters. The normalized spacial score (nSPS) is 12.1. The van der Waals surface area contributed by atoms with Crippen LogP contribution in [-0.4, -0.2) is 22.6 Å². The number of hydrogen-bond acceptors (Lipinski definition) is 8. The van der Waals surface area contributed by atoms with Gasteiger partial charge in [0.25, 0.3) is 5.91 Å². The first-order valence-electron chi connectivity index (χ1n) is 17.3. The maximum absolute atomic E-state index is 14.0. The van der Waals surface area contributed by atoms with Crippen LogP contribution in [0, 0.1) is 0 Å². The predicted octanol–water partition coefficient (Wildman–Crippen LogP) is 8.83. The number of oxime groups is 1. The quantitative estimate of drug-likeness (QED) is 0.0501. The number of anilines is 1. The minimum atomic E-state index is -1.33. The molecular formula is C45H36N4O4S. The molecule has 0 aliphatic rings. The highest BCUT2D eigenvalue weighted by molar-refractivity contribution is 7.14. The number of hydrogen-bond donors (Lipinski definition) is 2. The summed E-state index contributed by atoms with van der Waals surface area (Å²) in [6.07, 6.45) is -2.05. The zero-order chi connectivity index (χ0) is 37.2. The number of nitrogens with two attached hydrogens (primary N) is 1. The summed E-state index contributed by atoms with van der Waals surface area (Å²) in [5, 5.41) is 10.1. The standard InChI is InChI=1S/C45H36N4O4S/c46-42(50)39(49-53-41(34-23-11-3-12-24-34)43(51)52-40(32-19-7-1-8-20-32)33-21-9-2-10-22-33)38-31-54-44(47-38)48-45(35-25-13-4-14-26-35,36-27-15-5-16-28-36)37-29-17-6-18-30-37/h1-31,40-41H,(H2,46,50)(H,47,48). The highest BCUT2D eigenvalue weighted by atomic mass is 32.1. The first-order valence-corrected chi connectivity index (χ1v) is 18.2. The zero-order valence-electron chi connectivity index (χ0n) is 29.1. The number of carbonyl (C=O) groups is 2. The number of primary amides is 1. The highest BCUT2D eigenvalue weighted by Gasteiger charge is 2.37. The third-order valence-electron chi connectivity index (χ3n) is 8.90. The van der Waals surface area contributed by atoms with Crippen molar-refractivity contribution in [3.8, 4) is 0 Å². The molecule has 0 saturated carbocycles. The molecule has 0 spiro atoms. The minimum absolute atomic E-state index is 0.185. The third-order valence-corrected chi connectivity index (χ3v) is 9.66. The summed E-state index contributed by atoms with van der Waals surface area (Å²) in [6.45, 7) is 0. The first kappa shape index (κ1) is 35.6. The second-order valence-corrected chi connectivity index (χ2v) is 13.2. The number of nitrogens with zero attached hydrogens (tertiary/aromatic N) is 2. The van der Waals surface area contributed by atoms with Crippen molar-refractivity contribution >= 4 is 34.1 Å². The van der Waals surface area contributed by atoms with Gasteiger partial charge >= 0.3 is 5.97 Å². The van der Waals surface area contributed by atoms with E-state index in [1.807, 2.05) is 121 Å². The number of rotatable bonds is 14. The number of amides is 1. The Bertz CT molecular complexity index is 2170. The number of thiazole rings is 1. The van der Waals surface area contributed by atoms with Gasteiger partial charge in [0.15, 0.2) is 16.9 Å². The molecule has 1 unspecified atom stereocenters. The molecule has 6 aromatic carbocycles. The van der Waals surface area contributed by atoms with Gasteiger partial charge in [-0.2, -0.15) is 0 Å². The highest BCUT2D eigenvalue weighted by Crippen LogP contribution is 2.40. The van der Waals surface area contributed by atoms with Crippen molar-refractivity contribution in [2.45, 2.75) is 17.7 Å². The summed E-state index contributed by atoms with van der Waals surface area (Å²) >= 11 is 1.29. The van der Waals surface area contributed by atoms with Crippen LogP contribution in [0.25, 0.3) is 0 Å². The number of aromatic nitrogens is 1. The van der Waals surface area contributed by atoms with E-state index in [-0.39, 0.29) is 11.4 Å². The van der Waals surface area contributed by atoms with Gasteiger partial charge in [-0.05, 0) is 27.8 Å². The van der Waals surface area contributed by atoms with Crippen molar-refractivity contribution < 1.29 is 19.2 Å². The van der Waals surface area contributed by atoms with Crippen LogP contribution in [-0.2, 0) is 24.7 Å². The van der Waals surface area contributed by atoms with E-state index in [2.05, 4.69) is 46.9 Å². The molecular weight excluding hydrogens is 693 g/mol. The topological polar surface area (TPSA) is 116 Å². The molecule has 3 N–H and O–H groups in total. The summed E-state index contributed by atoms with van der Waals surface area (Å²) in [6, 6.07) is 58.0. The summed E-state index contributed by atoms with van der Waals surface area (Å²) in [5.74, 6) is -1.58. The molecule has 54 heavy (non-hydrogen) atoms. The van der Waals surface area contributed by atoms with Crippen LogP contribution in [0.4, 0.5) is 5.13 Å². The van der Waals surface area contributed by atoms with Gasteiger partial charge in [0.1, 0.15) is 11.2 Å². The van der Waals surface area contributed by atoms with Gasteiger partial charge in [0, 0.05) is 10.9 Å². The average molecular weight is 729 g/mol. The predicted molar refractivity (Wildman–Crippen MR) is 212 cm³/mol. The number of carbonyl (C=O) groups excluding carboxylic acids is 2. The number of esters is 1. The third kappa shape index (κ3) is 7.81. The molecule has 0 fully saturated rings. The summed E-state index contributed by atoms with van der Waals surface area (Å²) < 4.78 is 6.15. The van der Waals surface area contributed by atoms with E-state index in [4.69, 9.17) is 20.3 Å². The van der Waals surface area contributed by atoms with Crippen LogP contribution < -0.4 is 11.1 Å². The lowest BCUT2D eigenvalue weighted by atomic mass is 9.77. The fraction of sp³-hybridized carbons (Fsp3) is 0.0667. The lowest BCUT2D eigenvalue weighted by Gasteiger charge is -2.36. The van der Waals surface area contributed by atoms with E-state index < -0.39 is 29.6 Å². The van der Waals surface area contributed by atoms with Crippen molar-refractivity contribution in [3.63, 3.8) is 0 Å². The van der Waals surface area contributed by atoms with Crippen LogP contribution in [0.1, 0.15) is 51.3 Å². The van der Waals surface area contributed by atoms with Crippen LogP contribution >= 0.6 is 11.3 Å². The lowest BCUT2D eigenvalue weighted by Crippen LogP contribution is -2.38. The Kier molecular flexibility index (Phi) is 11.0. The molecule has 1 heterocycles. The van der Waals surface area contributed by atoms with E-state index in [1.165, 1.54) is 11.3 Å². The van der Waals surface area contributed by atoms with Crippen LogP contribution in [0.3, 0.4) is 0 Å². The van der Waals surface area contributed by atoms with Gasteiger partial charge in [-0.1, -0.05) is 187 Å². The first-order chi connectivity index (χ1) is 26.5. The Balaban J connectivity index is 1.22. The van der Waals surface area contributed by atoms with E-state index in [0.717, 1.165) is 27.8 Å². The lowest BCUT2D eigenvalue weighted by molar-refractivity contribution is -0.162. The SMILES string of the molecule is NC(=O)C(=NOC(C(=O)OC(c1ccccc1)c1ccccc1)c1ccccc1)c1csc(NC(c2ccccc2)(c2ccccc2)c2ccccc2)n1. The monoisotopic (exact) mass is 728 g/mol. The van der Waals surface area contributed by atoms with E-state index in [0.29, 0.717) is 10.7 Å². The van der Waals surface area contributed by atoms with Gasteiger partial charge in [0.2, 0.25) is 6.10 Å². The van der Waals surface area contributed by atoms with Gasteiger partial charge in [-0.15, -0.1) is 11.3 Å². The smallest absolute Gasteiger partial charge is 0.355 e. The minimum Gasteiger partial charge on any atom is -0.449 e. The fourth-order valence-electron chi connectivity index (χ4n) is 6.33. The van der Waals surface area contributed by atoms with Crippen molar-refractivity contribution in [2.75, 3.05) is 5.32 Å². The average Bonchev–Trinajstić information content (AvgIpc) is 3.70. The molecule has 1 aromatic heterocycles. The second-order valence-electron chi connectivity index (χ2n) is 12.3. The summed E-state index contributed by atoms with van der Waals surface area (Å²) in [5.41, 5.74) is 9.98. The number of benzene rings is 6. The van der Waals surface area contributed by atoms with E-state index in [1.54, 1.807) is 29.6 Å². The van der Waals surface area contributed by atoms with Crippen LogP contribution in [0.5, 0.6) is 0 Å². The molecule has 0 aliphatic heterocycles. The maximum Gasteiger partial charge on any atom is 0.355 e. The molecule has 7 aromatic rings. The van der Waals surface area contributed by atoms with E-state index in [9.17, 15) is 9.59 Å². The molecule has 0 bridgehead atoms. The van der Waals surface area contributed by atoms with Gasteiger partial charge in [-0.3, -0.25) is 4.79 Å². The van der Waals surface area contributed by atoms with Crippen LogP contribution in [0.2, 0.25) is 0 Å². The van der Waals surface area contributed by atoms with Crippen LogP contribution in [0.15, 0.2) is 193 Å². The Morgan fingerprint density at radius 2 is 1.02 bits per heavy atom. The maximum atomic E-state index is 14.0. The molecule has 0 aliphatic carbocycles. The number of ether oxygens (including phenoxy) is 1. The molecule has 0 radical (unpaired) electrons. The van der Waals surface area contributed by atoms with E-state index >= 15 is 0 Å². The zero-order valence-corrected chi connectivity index (χ0v) is 29.9. The summed E-state index contributed by atoms with van der Waals surface area (Å²) in [7, 11) is 0. The van der Waals surface area contributed by atoms with Gasteiger partial charge in [-0.25, -0.2) is 9.78 Å². The Morgan fingerprint density at radius 3 is 1.44 bits per heavy atom. The van der Waals surface area contributed by atoms with Crippen molar-refractivity contribution in [2.24, 2.45) is 10.9 Å². The summed E-state index contributed by atoms with van der Waals surface area (Å²) in [4.78, 5) is 37.7. The molecule has 0 saturated heterocycles. The molecule has 9 heteroatoms. The van der Waals surface area contributed by atoms with Gasteiger partial charge in [0.05, 0.1) is 0 Å². The van der Waals surface area contributed by atoms with Gasteiger partial charge < -0.3 is 20.6 Å². The largest absolute Gasteiger partial charge is 0.449 e. The number of nitrogens with one attached hydrogen (secondary N) is 1. The second kappa shape index (κ2) is 16.7. The fourth-order valence-corrected chi connectivity index (χ4v) is 7.09. The molecule has 1 amide bonds. The molecule has 7 rings (SSSR count). The Hall–Kier alpha value is -6.84. The molecule has 8 nitrogen and oxygen atoms in total. The Labute approximate surface area is 317 Å². The molecule has 266 valence electrons. The Morgan fingerprint density at radius 1 is 0.611 bits per heavy atom. The van der Waals surface area contributed by atoms with Crippen molar-refractivity contribution in [3.05, 3.63) is 226 Å².